The van der Waals surface area contributed by atoms with Gasteiger partial charge in [0.15, 0.2) is 0 Å². The maximum Gasteiger partial charge on any atom is 0.244 e. The number of hydrogen-bond acceptors (Lipinski definition) is 3. The van der Waals surface area contributed by atoms with Gasteiger partial charge in [0.05, 0.1) is 4.90 Å². The number of aryl methyl sites for hydroxylation is 2. The second-order valence-corrected chi connectivity index (χ2v) is 7.73. The first-order valence-electron chi connectivity index (χ1n) is 6.66. The molecule has 20 heavy (non-hydrogen) atoms. The van der Waals surface area contributed by atoms with E-state index >= 15 is 0 Å². The first kappa shape index (κ1) is 15.4. The molecule has 0 unspecified atom stereocenters. The second-order valence-electron chi connectivity index (χ2n) is 5.94. The number of piperazine rings is 1. The minimum Gasteiger partial charge on any atom is -0.314 e. The summed E-state index contributed by atoms with van der Waals surface area (Å²) >= 11 is 0. The Morgan fingerprint density at radius 1 is 1.25 bits per heavy atom. The average Bonchev–Trinajstić information content (AvgIpc) is 2.25. The quantitative estimate of drug-likeness (QED) is 0.906. The summed E-state index contributed by atoms with van der Waals surface area (Å²) in [5, 5.41) is 3.20. The molecule has 1 fully saturated rings. The number of sulfonamides is 1. The highest BCUT2D eigenvalue weighted by atomic mass is 32.2. The predicted molar refractivity (Wildman–Crippen MR) is 76.7 cm³/mol. The lowest BCUT2D eigenvalue weighted by molar-refractivity contribution is 0.186. The first-order chi connectivity index (χ1) is 9.16. The molecule has 0 saturated carbocycles. The highest BCUT2D eigenvalue weighted by molar-refractivity contribution is 7.89. The molecule has 1 saturated heterocycles. The van der Waals surface area contributed by atoms with Crippen LogP contribution in [-0.4, -0.2) is 37.9 Å². The molecule has 112 valence electrons. The van der Waals surface area contributed by atoms with Crippen molar-refractivity contribution in [2.75, 3.05) is 19.6 Å². The van der Waals surface area contributed by atoms with E-state index in [1.807, 2.05) is 13.8 Å². The molecule has 1 aliphatic rings. The molecule has 0 bridgehead atoms. The summed E-state index contributed by atoms with van der Waals surface area (Å²) in [5.41, 5.74) is 0.415. The van der Waals surface area contributed by atoms with E-state index in [-0.39, 0.29) is 4.90 Å². The third kappa shape index (κ3) is 2.60. The minimum absolute atomic E-state index is 0.230. The highest BCUT2D eigenvalue weighted by Gasteiger charge is 2.40. The molecule has 0 atom stereocenters. The summed E-state index contributed by atoms with van der Waals surface area (Å²) in [4.78, 5) is 0.230. The van der Waals surface area contributed by atoms with E-state index in [2.05, 4.69) is 5.32 Å². The predicted octanol–water partition coefficient (Wildman–Crippen LogP) is 1.82. The van der Waals surface area contributed by atoms with Crippen LogP contribution in [0.5, 0.6) is 0 Å². The van der Waals surface area contributed by atoms with Gasteiger partial charge in [-0.2, -0.15) is 4.31 Å². The van der Waals surface area contributed by atoms with Gasteiger partial charge >= 0.3 is 0 Å². The molecular weight excluding hydrogens is 279 g/mol. The zero-order valence-electron chi connectivity index (χ0n) is 12.3. The normalized spacial score (nSPS) is 20.1. The summed E-state index contributed by atoms with van der Waals surface area (Å²) in [5.74, 6) is -0.404. The highest BCUT2D eigenvalue weighted by Crippen LogP contribution is 2.30. The van der Waals surface area contributed by atoms with Crippen LogP contribution < -0.4 is 5.32 Å². The van der Waals surface area contributed by atoms with Crippen molar-refractivity contribution >= 4 is 10.0 Å². The van der Waals surface area contributed by atoms with Gasteiger partial charge in [-0.05, 0) is 51.0 Å². The van der Waals surface area contributed by atoms with Gasteiger partial charge in [0, 0.05) is 25.2 Å². The fraction of sp³-hybridized carbons (Fsp3) is 0.571. The molecule has 6 heteroatoms. The third-order valence-electron chi connectivity index (χ3n) is 3.70. The molecule has 1 aromatic rings. The summed E-state index contributed by atoms with van der Waals surface area (Å²) in [7, 11) is -3.62. The summed E-state index contributed by atoms with van der Waals surface area (Å²) in [6.45, 7) is 8.71. The SMILES string of the molecule is Cc1cc(F)cc(C)c1S(=O)(=O)N1CCNCC1(C)C. The Hall–Kier alpha value is -0.980. The molecule has 0 aliphatic carbocycles. The standard InChI is InChI=1S/C14H21FN2O2S/c1-10-7-12(15)8-11(2)13(10)20(18,19)17-6-5-16-9-14(17,3)4/h7-8,16H,5-6,9H2,1-4H3. The maximum atomic E-state index is 13.4. The summed E-state index contributed by atoms with van der Waals surface area (Å²) < 4.78 is 40.8. The Bertz CT molecular complexity index is 603. The van der Waals surface area contributed by atoms with Crippen molar-refractivity contribution in [1.29, 1.82) is 0 Å². The molecule has 1 N–H and O–H groups in total. The lowest BCUT2D eigenvalue weighted by Crippen LogP contribution is -2.59. The Kier molecular flexibility index (Phi) is 3.92. The van der Waals surface area contributed by atoms with E-state index in [1.165, 1.54) is 16.4 Å². The molecule has 0 amide bonds. The number of benzene rings is 1. The van der Waals surface area contributed by atoms with Crippen LogP contribution in [0.2, 0.25) is 0 Å². The maximum absolute atomic E-state index is 13.4. The van der Waals surface area contributed by atoms with Crippen LogP contribution in [-0.2, 0) is 10.0 Å². The van der Waals surface area contributed by atoms with Crippen molar-refractivity contribution < 1.29 is 12.8 Å². The molecule has 0 radical (unpaired) electrons. The van der Waals surface area contributed by atoms with Gasteiger partial charge in [-0.25, -0.2) is 12.8 Å². The summed E-state index contributed by atoms with van der Waals surface area (Å²) in [6.07, 6.45) is 0. The fourth-order valence-corrected chi connectivity index (χ4v) is 5.02. The molecule has 0 spiro atoms. The molecular formula is C14H21FN2O2S. The van der Waals surface area contributed by atoms with E-state index in [1.54, 1.807) is 13.8 Å². The minimum atomic E-state index is -3.62. The van der Waals surface area contributed by atoms with Crippen molar-refractivity contribution in [1.82, 2.24) is 9.62 Å². The number of rotatable bonds is 2. The van der Waals surface area contributed by atoms with Crippen LogP contribution in [0.4, 0.5) is 4.39 Å². The van der Waals surface area contributed by atoms with Crippen LogP contribution in [0.25, 0.3) is 0 Å². The number of halogens is 1. The van der Waals surface area contributed by atoms with Crippen molar-refractivity contribution in [3.63, 3.8) is 0 Å². The van der Waals surface area contributed by atoms with Gasteiger partial charge in [-0.15, -0.1) is 0 Å². The van der Waals surface area contributed by atoms with E-state index in [0.29, 0.717) is 30.8 Å². The van der Waals surface area contributed by atoms with E-state index in [9.17, 15) is 12.8 Å². The van der Waals surface area contributed by atoms with Gasteiger partial charge < -0.3 is 5.32 Å². The van der Waals surface area contributed by atoms with E-state index in [4.69, 9.17) is 0 Å². The Morgan fingerprint density at radius 3 is 2.30 bits per heavy atom. The smallest absolute Gasteiger partial charge is 0.244 e. The monoisotopic (exact) mass is 300 g/mol. The number of nitrogens with one attached hydrogen (secondary N) is 1. The Labute approximate surface area is 120 Å². The zero-order valence-corrected chi connectivity index (χ0v) is 13.1. The van der Waals surface area contributed by atoms with Crippen molar-refractivity contribution in [3.05, 3.63) is 29.1 Å². The molecule has 1 aromatic carbocycles. The van der Waals surface area contributed by atoms with Gasteiger partial charge in [-0.1, -0.05) is 0 Å². The molecule has 1 heterocycles. The molecule has 2 rings (SSSR count). The van der Waals surface area contributed by atoms with Crippen LogP contribution in [0.3, 0.4) is 0 Å². The second kappa shape index (κ2) is 5.09. The fourth-order valence-electron chi connectivity index (χ4n) is 2.83. The topological polar surface area (TPSA) is 49.4 Å². The van der Waals surface area contributed by atoms with Crippen molar-refractivity contribution in [3.8, 4) is 0 Å². The number of nitrogens with zero attached hydrogens (tertiary/aromatic N) is 1. The molecule has 4 nitrogen and oxygen atoms in total. The van der Waals surface area contributed by atoms with E-state index < -0.39 is 21.4 Å². The van der Waals surface area contributed by atoms with Gasteiger partial charge in [-0.3, -0.25) is 0 Å². The largest absolute Gasteiger partial charge is 0.314 e. The van der Waals surface area contributed by atoms with Crippen LogP contribution in [0.1, 0.15) is 25.0 Å². The lowest BCUT2D eigenvalue weighted by Gasteiger charge is -2.41. The van der Waals surface area contributed by atoms with E-state index in [0.717, 1.165) is 0 Å². The summed E-state index contributed by atoms with van der Waals surface area (Å²) in [6, 6.07) is 2.55. The zero-order chi connectivity index (χ0) is 15.1. The average molecular weight is 300 g/mol. The molecule has 1 aliphatic heterocycles. The Balaban J connectivity index is 2.56. The van der Waals surface area contributed by atoms with Crippen LogP contribution in [0, 0.1) is 19.7 Å². The van der Waals surface area contributed by atoms with Gasteiger partial charge in [0.2, 0.25) is 10.0 Å². The van der Waals surface area contributed by atoms with Crippen LogP contribution >= 0.6 is 0 Å². The third-order valence-corrected chi connectivity index (χ3v) is 6.11. The van der Waals surface area contributed by atoms with Crippen molar-refractivity contribution in [2.24, 2.45) is 0 Å². The first-order valence-corrected chi connectivity index (χ1v) is 8.10. The van der Waals surface area contributed by atoms with Gasteiger partial charge in [0.1, 0.15) is 5.82 Å². The number of hydrogen-bond donors (Lipinski definition) is 1. The van der Waals surface area contributed by atoms with Crippen LogP contribution in [0.15, 0.2) is 17.0 Å². The lowest BCUT2D eigenvalue weighted by atomic mass is 10.0. The molecule has 0 aromatic heterocycles. The Morgan fingerprint density at radius 2 is 1.80 bits per heavy atom. The van der Waals surface area contributed by atoms with Gasteiger partial charge in [0.25, 0.3) is 0 Å². The van der Waals surface area contributed by atoms with Crippen molar-refractivity contribution in [2.45, 2.75) is 38.1 Å².